The minimum Gasteiger partial charge on any atom is -0.492 e. The summed E-state index contributed by atoms with van der Waals surface area (Å²) in [6, 6.07) is 5.05. The normalized spacial score (nSPS) is 26.7. The number of hydrogen-bond acceptors (Lipinski definition) is 4. The maximum absolute atomic E-state index is 13.5. The van der Waals surface area contributed by atoms with Gasteiger partial charge in [0.25, 0.3) is 0 Å². The molecule has 3 aliphatic rings. The van der Waals surface area contributed by atoms with Crippen LogP contribution >= 0.6 is 24.0 Å². The molecule has 1 aliphatic carbocycles. The Morgan fingerprint density at radius 3 is 2.65 bits per heavy atom. The second-order valence-corrected chi connectivity index (χ2v) is 9.66. The standard InChI is InChI=1S/C18H25ClN2O3S.ClH/c19-14-4-7-17(24-12-13-2-1-3-13)18(10-14)25(22,23)21-15-5-6-16(21)11-20-9-8-15;/h4,7,10,13,15-16,20H,1-3,5-6,8-9,11-12H2;1H. The van der Waals surface area contributed by atoms with Crippen molar-refractivity contribution < 1.29 is 13.2 Å². The SMILES string of the molecule is Cl.O=S(=O)(c1cc(Cl)ccc1OCC1CCC1)N1C2CCNCC1CC2. The molecule has 0 aromatic heterocycles. The van der Waals surface area contributed by atoms with Crippen LogP contribution in [0.4, 0.5) is 0 Å². The van der Waals surface area contributed by atoms with E-state index in [0.717, 1.165) is 38.6 Å². The summed E-state index contributed by atoms with van der Waals surface area (Å²) in [5, 5.41) is 3.78. The molecule has 2 bridgehead atoms. The van der Waals surface area contributed by atoms with E-state index >= 15 is 0 Å². The van der Waals surface area contributed by atoms with Crippen LogP contribution in [0, 0.1) is 5.92 Å². The van der Waals surface area contributed by atoms with Crippen molar-refractivity contribution in [1.29, 1.82) is 0 Å². The van der Waals surface area contributed by atoms with Crippen LogP contribution < -0.4 is 10.1 Å². The third-order valence-corrected chi connectivity index (χ3v) is 8.01. The predicted octanol–water partition coefficient (Wildman–Crippen LogP) is 3.46. The molecular formula is C18H26Cl2N2O3S. The van der Waals surface area contributed by atoms with Gasteiger partial charge >= 0.3 is 0 Å². The second kappa shape index (κ2) is 8.23. The fourth-order valence-corrected chi connectivity index (χ4v) is 6.41. The number of sulfonamides is 1. The highest BCUT2D eigenvalue weighted by Gasteiger charge is 2.44. The van der Waals surface area contributed by atoms with Gasteiger partial charge in [-0.25, -0.2) is 8.42 Å². The lowest BCUT2D eigenvalue weighted by atomic mass is 9.86. The van der Waals surface area contributed by atoms with Crippen LogP contribution in [0.15, 0.2) is 23.1 Å². The highest BCUT2D eigenvalue weighted by Crippen LogP contribution is 2.38. The number of nitrogens with zero attached hydrogens (tertiary/aromatic N) is 1. The van der Waals surface area contributed by atoms with Gasteiger partial charge in [0.15, 0.2) is 0 Å². The van der Waals surface area contributed by atoms with Crippen molar-refractivity contribution in [2.24, 2.45) is 5.92 Å². The first-order chi connectivity index (χ1) is 12.1. The molecule has 0 amide bonds. The molecule has 2 aliphatic heterocycles. The Kier molecular flexibility index (Phi) is 6.40. The molecule has 3 fully saturated rings. The van der Waals surface area contributed by atoms with Gasteiger partial charge in [-0.2, -0.15) is 4.31 Å². The summed E-state index contributed by atoms with van der Waals surface area (Å²) >= 11 is 6.13. The van der Waals surface area contributed by atoms with E-state index in [-0.39, 0.29) is 29.4 Å². The third kappa shape index (κ3) is 3.85. The number of fused-ring (bicyclic) bond motifs is 2. The lowest BCUT2D eigenvalue weighted by molar-refractivity contribution is 0.177. The molecule has 2 atom stereocenters. The minimum atomic E-state index is -3.63. The van der Waals surface area contributed by atoms with Crippen LogP contribution in [0.5, 0.6) is 5.75 Å². The Labute approximate surface area is 166 Å². The van der Waals surface area contributed by atoms with Gasteiger partial charge in [-0.05, 0) is 62.8 Å². The van der Waals surface area contributed by atoms with Crippen LogP contribution in [0.25, 0.3) is 0 Å². The van der Waals surface area contributed by atoms with Gasteiger partial charge in [0, 0.05) is 23.7 Å². The molecule has 146 valence electrons. The van der Waals surface area contributed by atoms with Gasteiger partial charge in [0.1, 0.15) is 10.6 Å². The van der Waals surface area contributed by atoms with E-state index in [2.05, 4.69) is 5.32 Å². The van der Waals surface area contributed by atoms with Gasteiger partial charge < -0.3 is 10.1 Å². The number of ether oxygens (including phenoxy) is 1. The first-order valence-corrected chi connectivity index (χ1v) is 11.0. The molecule has 1 saturated carbocycles. The summed E-state index contributed by atoms with van der Waals surface area (Å²) in [6.45, 7) is 2.17. The fraction of sp³-hybridized carbons (Fsp3) is 0.667. The summed E-state index contributed by atoms with van der Waals surface area (Å²) in [6.07, 6.45) is 6.27. The summed E-state index contributed by atoms with van der Waals surface area (Å²) in [7, 11) is -3.63. The van der Waals surface area contributed by atoms with Gasteiger partial charge in [0.05, 0.1) is 6.61 Å². The molecule has 2 saturated heterocycles. The minimum absolute atomic E-state index is 0. The predicted molar refractivity (Wildman–Crippen MR) is 105 cm³/mol. The largest absolute Gasteiger partial charge is 0.492 e. The quantitative estimate of drug-likeness (QED) is 0.791. The molecule has 1 aromatic rings. The zero-order chi connectivity index (χ0) is 17.4. The molecular weight excluding hydrogens is 395 g/mol. The molecule has 0 radical (unpaired) electrons. The molecule has 2 heterocycles. The molecule has 5 nitrogen and oxygen atoms in total. The monoisotopic (exact) mass is 420 g/mol. The number of hydrogen-bond donors (Lipinski definition) is 1. The number of nitrogens with one attached hydrogen (secondary N) is 1. The Hall–Kier alpha value is -0.530. The Bertz CT molecular complexity index is 726. The van der Waals surface area contributed by atoms with E-state index in [1.807, 2.05) is 0 Å². The second-order valence-electron chi connectivity index (χ2n) is 7.41. The van der Waals surface area contributed by atoms with E-state index in [1.165, 1.54) is 6.42 Å². The Morgan fingerprint density at radius 1 is 1.15 bits per heavy atom. The van der Waals surface area contributed by atoms with Crippen molar-refractivity contribution in [3.05, 3.63) is 23.2 Å². The van der Waals surface area contributed by atoms with Crippen molar-refractivity contribution in [3.8, 4) is 5.75 Å². The van der Waals surface area contributed by atoms with Gasteiger partial charge in [-0.1, -0.05) is 18.0 Å². The van der Waals surface area contributed by atoms with Crippen LogP contribution in [0.1, 0.15) is 38.5 Å². The van der Waals surface area contributed by atoms with Crippen molar-refractivity contribution in [2.45, 2.75) is 55.5 Å². The van der Waals surface area contributed by atoms with Crippen molar-refractivity contribution >= 4 is 34.0 Å². The van der Waals surface area contributed by atoms with Crippen LogP contribution in [0.2, 0.25) is 5.02 Å². The Morgan fingerprint density at radius 2 is 1.92 bits per heavy atom. The van der Waals surface area contributed by atoms with Crippen LogP contribution in [-0.2, 0) is 10.0 Å². The van der Waals surface area contributed by atoms with E-state index in [9.17, 15) is 8.42 Å². The molecule has 0 spiro atoms. The van der Waals surface area contributed by atoms with E-state index in [0.29, 0.717) is 29.8 Å². The van der Waals surface area contributed by atoms with E-state index in [1.54, 1.807) is 22.5 Å². The smallest absolute Gasteiger partial charge is 0.247 e. The van der Waals surface area contributed by atoms with Crippen molar-refractivity contribution in [3.63, 3.8) is 0 Å². The summed E-state index contributed by atoms with van der Waals surface area (Å²) in [5.74, 6) is 0.984. The van der Waals surface area contributed by atoms with Gasteiger partial charge in [-0.3, -0.25) is 0 Å². The maximum atomic E-state index is 13.5. The van der Waals surface area contributed by atoms with E-state index < -0.39 is 10.0 Å². The number of rotatable bonds is 5. The third-order valence-electron chi connectivity index (χ3n) is 5.75. The van der Waals surface area contributed by atoms with Crippen LogP contribution in [-0.4, -0.2) is 44.5 Å². The highest BCUT2D eigenvalue weighted by atomic mass is 35.5. The van der Waals surface area contributed by atoms with E-state index in [4.69, 9.17) is 16.3 Å². The highest BCUT2D eigenvalue weighted by molar-refractivity contribution is 7.89. The average molecular weight is 421 g/mol. The molecule has 1 aromatic carbocycles. The summed E-state index contributed by atoms with van der Waals surface area (Å²) in [5.41, 5.74) is 0. The molecule has 1 N–H and O–H groups in total. The fourth-order valence-electron chi connectivity index (χ4n) is 4.11. The van der Waals surface area contributed by atoms with Crippen molar-refractivity contribution in [2.75, 3.05) is 19.7 Å². The topological polar surface area (TPSA) is 58.6 Å². The molecule has 26 heavy (non-hydrogen) atoms. The lowest BCUT2D eigenvalue weighted by Crippen LogP contribution is -2.42. The van der Waals surface area contributed by atoms with Gasteiger partial charge in [-0.15, -0.1) is 12.4 Å². The lowest BCUT2D eigenvalue weighted by Gasteiger charge is -2.29. The summed E-state index contributed by atoms with van der Waals surface area (Å²) in [4.78, 5) is 0.220. The molecule has 8 heteroatoms. The van der Waals surface area contributed by atoms with Crippen LogP contribution in [0.3, 0.4) is 0 Å². The molecule has 2 unspecified atom stereocenters. The summed E-state index contributed by atoms with van der Waals surface area (Å²) < 4.78 is 34.6. The Balaban J connectivity index is 0.00000196. The zero-order valence-electron chi connectivity index (χ0n) is 14.7. The zero-order valence-corrected chi connectivity index (χ0v) is 17.1. The molecule has 4 rings (SSSR count). The number of halogens is 2. The number of benzene rings is 1. The first-order valence-electron chi connectivity index (χ1n) is 9.22. The first kappa shape index (κ1) is 20.2. The van der Waals surface area contributed by atoms with Crippen molar-refractivity contribution in [1.82, 2.24) is 9.62 Å². The maximum Gasteiger partial charge on any atom is 0.247 e. The average Bonchev–Trinajstić information content (AvgIpc) is 2.80. The van der Waals surface area contributed by atoms with Gasteiger partial charge in [0.2, 0.25) is 10.0 Å².